The fraction of sp³-hybridized carbons (Fsp3) is 0.472. The van der Waals surface area contributed by atoms with E-state index in [1.54, 1.807) is 31.2 Å². The van der Waals surface area contributed by atoms with Crippen LogP contribution in [-0.2, 0) is 25.5 Å². The lowest BCUT2D eigenvalue weighted by Gasteiger charge is -2.42. The Morgan fingerprint density at radius 2 is 1.81 bits per heavy atom. The Morgan fingerprint density at radius 1 is 1.09 bits per heavy atom. The first kappa shape index (κ1) is 34.0. The van der Waals surface area contributed by atoms with E-state index in [1.807, 2.05) is 70.2 Å². The van der Waals surface area contributed by atoms with Gasteiger partial charge in [-0.2, -0.15) is 0 Å². The minimum absolute atomic E-state index is 0.172. The summed E-state index contributed by atoms with van der Waals surface area (Å²) in [4.78, 5) is 43.3. The van der Waals surface area contributed by atoms with Crippen molar-refractivity contribution in [3.63, 3.8) is 0 Å². The summed E-state index contributed by atoms with van der Waals surface area (Å²) in [6, 6.07) is 15.6. The molecule has 3 aromatic rings. The number of amides is 2. The molecule has 0 saturated carbocycles. The number of esters is 1. The van der Waals surface area contributed by atoms with Crippen molar-refractivity contribution in [2.24, 2.45) is 0 Å². The Bertz CT molecular complexity index is 1630. The molecule has 5 rings (SSSR count). The number of benzene rings is 3. The largest absolute Gasteiger partial charge is 0.496 e. The maximum atomic E-state index is 14.9. The molecule has 3 aromatic carbocycles. The molecule has 2 heterocycles. The van der Waals surface area contributed by atoms with Crippen molar-refractivity contribution < 1.29 is 38.1 Å². The monoisotopic (exact) mass is 647 g/mol. The number of nitrogens with one attached hydrogen (secondary N) is 1. The van der Waals surface area contributed by atoms with Crippen molar-refractivity contribution in [2.75, 3.05) is 45.9 Å². The van der Waals surface area contributed by atoms with Crippen LogP contribution in [0, 0.1) is 0 Å². The third-order valence-corrected chi connectivity index (χ3v) is 8.85. The molecule has 2 atom stereocenters. The van der Waals surface area contributed by atoms with Crippen molar-refractivity contribution in [3.05, 3.63) is 65.7 Å². The Labute approximate surface area is 276 Å². The van der Waals surface area contributed by atoms with Crippen molar-refractivity contribution in [1.82, 2.24) is 10.2 Å². The van der Waals surface area contributed by atoms with Gasteiger partial charge in [0, 0.05) is 38.0 Å². The first-order valence-corrected chi connectivity index (χ1v) is 15.9. The number of carbonyl (C=O) groups is 3. The molecule has 11 heteroatoms. The minimum Gasteiger partial charge on any atom is -0.496 e. The molecule has 0 aliphatic carbocycles. The van der Waals surface area contributed by atoms with E-state index in [2.05, 4.69) is 5.32 Å². The molecule has 2 aliphatic heterocycles. The molecule has 1 spiro atoms. The number of anilines is 1. The van der Waals surface area contributed by atoms with Gasteiger partial charge in [0.1, 0.15) is 28.7 Å². The summed E-state index contributed by atoms with van der Waals surface area (Å²) in [7, 11) is 4.64. The second kappa shape index (κ2) is 13.8. The van der Waals surface area contributed by atoms with E-state index in [0.29, 0.717) is 55.4 Å². The predicted octanol–water partition coefficient (Wildman–Crippen LogP) is 5.32. The summed E-state index contributed by atoms with van der Waals surface area (Å²) < 4.78 is 28.9. The first-order chi connectivity index (χ1) is 22.4. The fourth-order valence-electron chi connectivity index (χ4n) is 6.16. The van der Waals surface area contributed by atoms with E-state index in [-0.39, 0.29) is 18.5 Å². The molecular weight excluding hydrogens is 602 g/mol. The van der Waals surface area contributed by atoms with Crippen LogP contribution < -0.4 is 19.7 Å². The molecule has 252 valence electrons. The Kier molecular flexibility index (Phi) is 9.97. The van der Waals surface area contributed by atoms with Crippen molar-refractivity contribution in [2.45, 2.75) is 70.4 Å². The van der Waals surface area contributed by atoms with Gasteiger partial charge in [-0.15, -0.1) is 0 Å². The quantitative estimate of drug-likeness (QED) is 0.324. The topological polar surface area (TPSA) is 116 Å². The molecule has 1 saturated heterocycles. The summed E-state index contributed by atoms with van der Waals surface area (Å²) >= 11 is 0. The van der Waals surface area contributed by atoms with Gasteiger partial charge in [0.25, 0.3) is 0 Å². The second-order valence-corrected chi connectivity index (χ2v) is 13.1. The average molecular weight is 648 g/mol. The highest BCUT2D eigenvalue weighted by Gasteiger charge is 2.51. The van der Waals surface area contributed by atoms with Crippen LogP contribution in [-0.4, -0.2) is 87.2 Å². The summed E-state index contributed by atoms with van der Waals surface area (Å²) in [5, 5.41) is 5.16. The molecule has 11 nitrogen and oxygen atoms in total. The van der Waals surface area contributed by atoms with Gasteiger partial charge < -0.3 is 38.8 Å². The lowest BCUT2D eigenvalue weighted by molar-refractivity contribution is -0.130. The van der Waals surface area contributed by atoms with Crippen molar-refractivity contribution in [1.29, 1.82) is 0 Å². The van der Waals surface area contributed by atoms with E-state index in [1.165, 1.54) is 12.0 Å². The van der Waals surface area contributed by atoms with Crippen LogP contribution in [0.1, 0.15) is 56.5 Å². The van der Waals surface area contributed by atoms with Crippen LogP contribution in [0.25, 0.3) is 10.8 Å². The lowest BCUT2D eigenvalue weighted by atomic mass is 9.84. The molecule has 1 N–H and O–H groups in total. The van der Waals surface area contributed by atoms with Crippen LogP contribution in [0.3, 0.4) is 0 Å². The van der Waals surface area contributed by atoms with Gasteiger partial charge in [-0.3, -0.25) is 4.79 Å². The molecule has 1 fully saturated rings. The van der Waals surface area contributed by atoms with Gasteiger partial charge in [-0.1, -0.05) is 24.3 Å². The smallest absolute Gasteiger partial charge is 0.410 e. The molecule has 0 unspecified atom stereocenters. The van der Waals surface area contributed by atoms with E-state index >= 15 is 0 Å². The zero-order valence-corrected chi connectivity index (χ0v) is 28.3. The summed E-state index contributed by atoms with van der Waals surface area (Å²) in [6.45, 7) is 8.77. The third kappa shape index (κ3) is 7.16. The highest BCUT2D eigenvalue weighted by atomic mass is 16.6. The Hall–Kier alpha value is -4.35. The lowest BCUT2D eigenvalue weighted by Crippen LogP contribution is -2.64. The molecule has 47 heavy (non-hydrogen) atoms. The predicted molar refractivity (Wildman–Crippen MR) is 178 cm³/mol. The Morgan fingerprint density at radius 3 is 2.49 bits per heavy atom. The average Bonchev–Trinajstić information content (AvgIpc) is 3.14. The SMILES string of the molecule is COC(=O)c1ccc2c(CN3C(=O)[C@@H](NC[C@H](C)N(C)C(=O)OC(C)(C)C)C4(CCOCC4)Oc4ccccc43)c(OC)ccc2c1. The highest BCUT2D eigenvalue weighted by Crippen LogP contribution is 2.42. The van der Waals surface area contributed by atoms with Crippen LogP contribution in [0.2, 0.25) is 0 Å². The van der Waals surface area contributed by atoms with Gasteiger partial charge in [0.2, 0.25) is 5.91 Å². The van der Waals surface area contributed by atoms with E-state index in [0.717, 1.165) is 16.3 Å². The number of para-hydroxylation sites is 2. The zero-order valence-electron chi connectivity index (χ0n) is 28.3. The van der Waals surface area contributed by atoms with Gasteiger partial charge in [0.15, 0.2) is 0 Å². The second-order valence-electron chi connectivity index (χ2n) is 13.1. The number of fused-ring (bicyclic) bond motifs is 2. The summed E-state index contributed by atoms with van der Waals surface area (Å²) in [5.41, 5.74) is 0.326. The van der Waals surface area contributed by atoms with Crippen LogP contribution in [0.15, 0.2) is 54.6 Å². The molecule has 2 amide bonds. The summed E-state index contributed by atoms with van der Waals surface area (Å²) in [5.74, 6) is 0.601. The molecule has 2 aliphatic rings. The van der Waals surface area contributed by atoms with Gasteiger partial charge in [-0.05, 0) is 68.8 Å². The number of ether oxygens (including phenoxy) is 5. The van der Waals surface area contributed by atoms with Crippen LogP contribution in [0.5, 0.6) is 11.5 Å². The van der Waals surface area contributed by atoms with E-state index in [4.69, 9.17) is 23.7 Å². The van der Waals surface area contributed by atoms with Crippen molar-refractivity contribution in [3.8, 4) is 11.5 Å². The number of rotatable bonds is 8. The molecule has 0 bridgehead atoms. The van der Waals surface area contributed by atoms with Gasteiger partial charge in [0.05, 0.1) is 45.2 Å². The number of nitrogens with zero attached hydrogens (tertiary/aromatic N) is 2. The third-order valence-electron chi connectivity index (χ3n) is 8.85. The molecule has 0 aromatic heterocycles. The van der Waals surface area contributed by atoms with Gasteiger partial charge in [-0.25, -0.2) is 9.59 Å². The number of hydrogen-bond acceptors (Lipinski definition) is 9. The number of methoxy groups -OCH3 is 2. The molecule has 0 radical (unpaired) electrons. The van der Waals surface area contributed by atoms with E-state index in [9.17, 15) is 14.4 Å². The van der Waals surface area contributed by atoms with E-state index < -0.39 is 29.3 Å². The Balaban J connectivity index is 1.54. The van der Waals surface area contributed by atoms with Gasteiger partial charge >= 0.3 is 12.1 Å². The molecular formula is C36H45N3O8. The standard InChI is InChI=1S/C36H45N3O8/c1-23(38(5)34(42)47-35(2,3)4)21-37-31-32(40)39(28-10-8-9-11-30(28)46-36(31)16-18-45-19-17-36)22-27-26-14-12-25(33(41)44-7)20-24(26)13-15-29(27)43-6/h8-15,20,23,31,37H,16-19,21-22H2,1-7H3/t23-,31+/m0/s1. The number of carbonyl (C=O) groups excluding carboxylic acids is 3. The number of likely N-dealkylation sites (N-methyl/N-ethyl adjacent to an activating group) is 1. The van der Waals surface area contributed by atoms with Crippen LogP contribution >= 0.6 is 0 Å². The van der Waals surface area contributed by atoms with Crippen molar-refractivity contribution >= 4 is 34.4 Å². The fourth-order valence-corrected chi connectivity index (χ4v) is 6.16. The maximum absolute atomic E-state index is 14.9. The summed E-state index contributed by atoms with van der Waals surface area (Å²) in [6.07, 6.45) is 0.564. The zero-order chi connectivity index (χ0) is 33.9. The highest BCUT2D eigenvalue weighted by molar-refractivity contribution is 6.02. The normalized spacial score (nSPS) is 18.1. The number of hydrogen-bond donors (Lipinski definition) is 1. The van der Waals surface area contributed by atoms with Crippen LogP contribution in [0.4, 0.5) is 10.5 Å². The first-order valence-electron chi connectivity index (χ1n) is 15.9. The minimum atomic E-state index is -0.886. The maximum Gasteiger partial charge on any atom is 0.410 e.